The molecule has 0 bridgehead atoms. The van der Waals surface area contributed by atoms with E-state index >= 15 is 0 Å². The molecule has 0 radical (unpaired) electrons. The Kier molecular flexibility index (Phi) is 0.618. The van der Waals surface area contributed by atoms with Crippen molar-refractivity contribution in [3.05, 3.63) is 36.1 Å². The van der Waals surface area contributed by atoms with Crippen LogP contribution in [0.2, 0.25) is 0 Å². The van der Waals surface area contributed by atoms with Gasteiger partial charge in [-0.2, -0.15) is 0 Å². The Balaban J connectivity index is 2.35. The number of rotatable bonds is 0. The molecule has 1 aliphatic heterocycles. The molecule has 1 atom stereocenters. The highest BCUT2D eigenvalue weighted by atomic mass is 16.6. The molecule has 1 heteroatoms. The van der Waals surface area contributed by atoms with Crippen LogP contribution in [-0.4, -0.2) is 6.10 Å². The van der Waals surface area contributed by atoms with Crippen molar-refractivity contribution < 1.29 is 4.74 Å². The third kappa shape index (κ3) is 0.479. The summed E-state index contributed by atoms with van der Waals surface area (Å²) in [6.45, 7) is 0. The zero-order valence-electron chi connectivity index (χ0n) is 4.37. The van der Waals surface area contributed by atoms with Gasteiger partial charge in [-0.05, 0) is 12.2 Å². The predicted octanol–water partition coefficient (Wildman–Crippen LogP) is 1.40. The van der Waals surface area contributed by atoms with Crippen molar-refractivity contribution in [1.29, 1.82) is 0 Å². The summed E-state index contributed by atoms with van der Waals surface area (Å²) in [5.74, 6) is 1.09. The van der Waals surface area contributed by atoms with Gasteiger partial charge in [0.2, 0.25) is 0 Å². The summed E-state index contributed by atoms with van der Waals surface area (Å²) in [4.78, 5) is 0. The monoisotopic (exact) mass is 106 g/mol. The molecule has 0 spiro atoms. The Morgan fingerprint density at radius 1 is 1.25 bits per heavy atom. The number of ether oxygens (including phenoxy) is 1. The van der Waals surface area contributed by atoms with E-state index in [0.717, 1.165) is 5.76 Å². The van der Waals surface area contributed by atoms with Crippen molar-refractivity contribution in [3.63, 3.8) is 0 Å². The molecule has 1 saturated heterocycles. The molecular weight excluding hydrogens is 100 g/mol. The van der Waals surface area contributed by atoms with Crippen molar-refractivity contribution in [2.75, 3.05) is 0 Å². The molecule has 0 amide bonds. The topological polar surface area (TPSA) is 12.5 Å². The number of hydrogen-bond donors (Lipinski definition) is 0. The first-order valence-electron chi connectivity index (χ1n) is 2.68. The molecule has 0 saturated carbocycles. The number of hydrogen-bond acceptors (Lipinski definition) is 1. The highest BCUT2D eigenvalue weighted by Crippen LogP contribution is 2.28. The molecule has 1 heterocycles. The summed E-state index contributed by atoms with van der Waals surface area (Å²) in [6, 6.07) is 0. The third-order valence-corrected chi connectivity index (χ3v) is 1.25. The molecule has 0 N–H and O–H groups in total. The average Bonchev–Trinajstić information content (AvgIpc) is 2.36. The van der Waals surface area contributed by atoms with Gasteiger partial charge in [0, 0.05) is 0 Å². The van der Waals surface area contributed by atoms with Crippen molar-refractivity contribution in [3.8, 4) is 0 Å². The highest BCUT2D eigenvalue weighted by Gasteiger charge is 2.28. The SMILES string of the molecule is C1=CC=C2OC2C=C1. The molecule has 0 aromatic rings. The van der Waals surface area contributed by atoms with Gasteiger partial charge in [0.15, 0.2) is 6.10 Å². The molecule has 1 nitrogen and oxygen atoms in total. The van der Waals surface area contributed by atoms with Gasteiger partial charge >= 0.3 is 0 Å². The van der Waals surface area contributed by atoms with Gasteiger partial charge in [0.1, 0.15) is 5.76 Å². The fourth-order valence-corrected chi connectivity index (χ4v) is 0.760. The fourth-order valence-electron chi connectivity index (χ4n) is 0.760. The molecule has 1 aliphatic carbocycles. The molecule has 2 rings (SSSR count). The van der Waals surface area contributed by atoms with Crippen LogP contribution in [0.1, 0.15) is 0 Å². The molecule has 8 heavy (non-hydrogen) atoms. The summed E-state index contributed by atoms with van der Waals surface area (Å²) < 4.78 is 5.08. The van der Waals surface area contributed by atoms with E-state index in [-0.39, 0.29) is 0 Å². The van der Waals surface area contributed by atoms with Gasteiger partial charge < -0.3 is 4.74 Å². The third-order valence-electron chi connectivity index (χ3n) is 1.25. The fraction of sp³-hybridized carbons (Fsp3) is 0.143. The zero-order valence-corrected chi connectivity index (χ0v) is 4.37. The van der Waals surface area contributed by atoms with Crippen LogP contribution in [0.4, 0.5) is 0 Å². The molecular formula is C7H6O. The molecule has 0 aromatic carbocycles. The van der Waals surface area contributed by atoms with Crippen LogP contribution in [0.15, 0.2) is 36.1 Å². The summed E-state index contributed by atoms with van der Waals surface area (Å²) in [6.07, 6.45) is 10.3. The predicted molar refractivity (Wildman–Crippen MR) is 31.2 cm³/mol. The zero-order chi connectivity index (χ0) is 5.40. The maximum absolute atomic E-state index is 5.08. The molecule has 2 aliphatic rings. The van der Waals surface area contributed by atoms with Crippen molar-refractivity contribution in [1.82, 2.24) is 0 Å². The second-order valence-electron chi connectivity index (χ2n) is 1.88. The van der Waals surface area contributed by atoms with Crippen molar-refractivity contribution in [2.24, 2.45) is 0 Å². The minimum atomic E-state index is 0.310. The van der Waals surface area contributed by atoms with E-state index in [2.05, 4.69) is 0 Å². The number of epoxide rings is 1. The van der Waals surface area contributed by atoms with Gasteiger partial charge in [0.05, 0.1) is 0 Å². The van der Waals surface area contributed by atoms with Crippen LogP contribution in [0.5, 0.6) is 0 Å². The normalized spacial score (nSPS) is 30.0. The Morgan fingerprint density at radius 3 is 3.25 bits per heavy atom. The van der Waals surface area contributed by atoms with Crippen LogP contribution >= 0.6 is 0 Å². The van der Waals surface area contributed by atoms with Gasteiger partial charge in [-0.25, -0.2) is 0 Å². The Labute approximate surface area is 48.0 Å². The summed E-state index contributed by atoms with van der Waals surface area (Å²) in [5.41, 5.74) is 0. The Bertz CT molecular complexity index is 187. The van der Waals surface area contributed by atoms with Crippen molar-refractivity contribution >= 4 is 0 Å². The summed E-state index contributed by atoms with van der Waals surface area (Å²) in [5, 5.41) is 0. The number of allylic oxidation sites excluding steroid dienone is 4. The van der Waals surface area contributed by atoms with Gasteiger partial charge in [-0.15, -0.1) is 0 Å². The first-order valence-corrected chi connectivity index (χ1v) is 2.68. The van der Waals surface area contributed by atoms with E-state index in [4.69, 9.17) is 4.74 Å². The van der Waals surface area contributed by atoms with Crippen LogP contribution in [0.25, 0.3) is 0 Å². The Hall–Kier alpha value is -0.980. The molecule has 0 aromatic heterocycles. The largest absolute Gasteiger partial charge is 0.478 e. The standard InChI is InChI=1S/C7H6O/c1-2-4-6-7(8-6)5-3-1/h1-6H. The van der Waals surface area contributed by atoms with Crippen LogP contribution in [0, 0.1) is 0 Å². The van der Waals surface area contributed by atoms with Gasteiger partial charge in [-0.3, -0.25) is 0 Å². The van der Waals surface area contributed by atoms with E-state index in [0.29, 0.717) is 6.10 Å². The maximum atomic E-state index is 5.08. The smallest absolute Gasteiger partial charge is 0.174 e. The Morgan fingerprint density at radius 2 is 2.25 bits per heavy atom. The van der Waals surface area contributed by atoms with E-state index in [1.165, 1.54) is 0 Å². The minimum Gasteiger partial charge on any atom is -0.478 e. The highest BCUT2D eigenvalue weighted by molar-refractivity contribution is 5.31. The van der Waals surface area contributed by atoms with E-state index < -0.39 is 0 Å². The minimum absolute atomic E-state index is 0.310. The maximum Gasteiger partial charge on any atom is 0.174 e. The van der Waals surface area contributed by atoms with E-state index in [1.807, 2.05) is 30.4 Å². The van der Waals surface area contributed by atoms with Crippen LogP contribution in [0.3, 0.4) is 0 Å². The number of fused-ring (bicyclic) bond motifs is 1. The lowest BCUT2D eigenvalue weighted by Crippen LogP contribution is -1.67. The van der Waals surface area contributed by atoms with Gasteiger partial charge in [-0.1, -0.05) is 18.2 Å². The summed E-state index contributed by atoms with van der Waals surface area (Å²) in [7, 11) is 0. The second-order valence-corrected chi connectivity index (χ2v) is 1.88. The summed E-state index contributed by atoms with van der Waals surface area (Å²) >= 11 is 0. The average molecular weight is 106 g/mol. The van der Waals surface area contributed by atoms with E-state index in [1.54, 1.807) is 0 Å². The van der Waals surface area contributed by atoms with Gasteiger partial charge in [0.25, 0.3) is 0 Å². The molecule has 40 valence electrons. The first kappa shape index (κ1) is 3.96. The van der Waals surface area contributed by atoms with Crippen LogP contribution < -0.4 is 0 Å². The second kappa shape index (κ2) is 1.25. The van der Waals surface area contributed by atoms with Crippen molar-refractivity contribution in [2.45, 2.75) is 6.10 Å². The lowest BCUT2D eigenvalue weighted by atomic mass is 10.4. The van der Waals surface area contributed by atoms with E-state index in [9.17, 15) is 0 Å². The lowest BCUT2D eigenvalue weighted by molar-refractivity contribution is 0.465. The lowest BCUT2D eigenvalue weighted by Gasteiger charge is -1.69. The quantitative estimate of drug-likeness (QED) is 0.425. The first-order chi connectivity index (χ1) is 3.97. The molecule has 1 fully saturated rings. The molecule has 1 unspecified atom stereocenters. The van der Waals surface area contributed by atoms with Crippen LogP contribution in [-0.2, 0) is 4.74 Å².